The van der Waals surface area contributed by atoms with Crippen molar-refractivity contribution < 1.29 is 14.4 Å². The molecule has 0 bridgehead atoms. The van der Waals surface area contributed by atoms with Crippen LogP contribution in [0.5, 0.6) is 5.75 Å². The molecule has 0 radical (unpaired) electrons. The van der Waals surface area contributed by atoms with Gasteiger partial charge in [-0.3, -0.25) is 10.1 Å². The average molecular weight is 488 g/mol. The molecule has 0 unspecified atom stereocenters. The van der Waals surface area contributed by atoms with E-state index in [9.17, 15) is 20.5 Å². The maximum Gasteiger partial charge on any atom is 0.312 e. The van der Waals surface area contributed by atoms with Gasteiger partial charge in [0, 0.05) is 33.4 Å². The maximum atomic E-state index is 11.2. The number of nitro benzene ring substituents is 1. The average Bonchev–Trinajstić information content (AvgIpc) is 3.19. The second-order valence-electron chi connectivity index (χ2n) is 6.71. The number of nitrogens with zero attached hydrogens (tertiary/aromatic N) is 3. The number of nitro groups is 1. The predicted molar refractivity (Wildman–Crippen MR) is 124 cm³/mol. The summed E-state index contributed by atoms with van der Waals surface area (Å²) in [6.07, 6.45) is 1.23. The summed E-state index contributed by atoms with van der Waals surface area (Å²) in [5.74, 6) is -0.0178. The molecule has 4 aromatic rings. The molecule has 32 heavy (non-hydrogen) atoms. The Bertz CT molecular complexity index is 1370. The molecular weight excluding hydrogens is 474 g/mol. The van der Waals surface area contributed by atoms with E-state index in [-0.39, 0.29) is 17.0 Å². The Morgan fingerprint density at radius 3 is 2.28 bits per heavy atom. The van der Waals surface area contributed by atoms with Crippen molar-refractivity contribution in [3.8, 4) is 34.3 Å². The Morgan fingerprint density at radius 1 is 1.06 bits per heavy atom. The first-order chi connectivity index (χ1) is 15.5. The van der Waals surface area contributed by atoms with Crippen molar-refractivity contribution in [1.82, 2.24) is 0 Å². The highest BCUT2D eigenvalue weighted by atomic mass is 79.9. The summed E-state index contributed by atoms with van der Waals surface area (Å²) in [5, 5.41) is 31.3. The topological polar surface area (TPSA) is 113 Å². The Kier molecular flexibility index (Phi) is 5.83. The van der Waals surface area contributed by atoms with Crippen molar-refractivity contribution >= 4 is 33.7 Å². The van der Waals surface area contributed by atoms with Crippen molar-refractivity contribution in [3.05, 3.63) is 98.5 Å². The van der Waals surface area contributed by atoms with Gasteiger partial charge in [0.25, 0.3) is 0 Å². The van der Waals surface area contributed by atoms with E-state index in [0.717, 1.165) is 11.1 Å². The third-order valence-corrected chi connectivity index (χ3v) is 5.16. The molecule has 1 heterocycles. The number of nitriles is 1. The molecule has 8 heteroatoms. The number of phenols is 1. The Hall–Kier alpha value is -4.22. The Labute approximate surface area is 191 Å². The van der Waals surface area contributed by atoms with E-state index in [1.165, 1.54) is 18.3 Å². The third kappa shape index (κ3) is 4.02. The maximum absolute atomic E-state index is 11.2. The lowest BCUT2D eigenvalue weighted by Gasteiger charge is -2.03. The normalized spacial score (nSPS) is 10.9. The van der Waals surface area contributed by atoms with Crippen molar-refractivity contribution in [1.29, 1.82) is 5.26 Å². The van der Waals surface area contributed by atoms with E-state index in [1.54, 1.807) is 0 Å². The summed E-state index contributed by atoms with van der Waals surface area (Å²) in [5.41, 5.74) is 2.01. The SMILES string of the molecule is N#Cc1c(N=Cc2cc(Br)cc([N+](=O)[O-])c2O)oc(-c2ccccc2)c1-c1ccccc1. The Morgan fingerprint density at radius 2 is 1.69 bits per heavy atom. The van der Waals surface area contributed by atoms with Gasteiger partial charge in [-0.25, -0.2) is 4.99 Å². The first-order valence-corrected chi connectivity index (χ1v) is 10.2. The smallest absolute Gasteiger partial charge is 0.312 e. The van der Waals surface area contributed by atoms with Crippen LogP contribution in [-0.4, -0.2) is 16.2 Å². The van der Waals surface area contributed by atoms with Gasteiger partial charge in [0.1, 0.15) is 17.4 Å². The lowest BCUT2D eigenvalue weighted by molar-refractivity contribution is -0.385. The van der Waals surface area contributed by atoms with Crippen molar-refractivity contribution in [3.63, 3.8) is 0 Å². The van der Waals surface area contributed by atoms with Crippen LogP contribution in [-0.2, 0) is 0 Å². The largest absolute Gasteiger partial charge is 0.502 e. The fraction of sp³-hybridized carbons (Fsp3) is 0. The molecule has 0 spiro atoms. The van der Waals surface area contributed by atoms with Crippen LogP contribution in [0.2, 0.25) is 0 Å². The molecule has 0 amide bonds. The summed E-state index contributed by atoms with van der Waals surface area (Å²) in [4.78, 5) is 14.8. The number of aromatic hydroxyl groups is 1. The molecule has 1 N–H and O–H groups in total. The minimum Gasteiger partial charge on any atom is -0.502 e. The van der Waals surface area contributed by atoms with Gasteiger partial charge in [-0.2, -0.15) is 5.26 Å². The zero-order valence-electron chi connectivity index (χ0n) is 16.4. The quantitative estimate of drug-likeness (QED) is 0.193. The summed E-state index contributed by atoms with van der Waals surface area (Å²) in [6.45, 7) is 0. The van der Waals surface area contributed by atoms with Crippen molar-refractivity contribution in [2.24, 2.45) is 4.99 Å². The van der Waals surface area contributed by atoms with Crippen molar-refractivity contribution in [2.75, 3.05) is 0 Å². The van der Waals surface area contributed by atoms with E-state index >= 15 is 0 Å². The molecule has 0 aliphatic heterocycles. The van der Waals surface area contributed by atoms with Crippen LogP contribution in [0.1, 0.15) is 11.1 Å². The van der Waals surface area contributed by atoms with Crippen LogP contribution in [0.4, 0.5) is 11.6 Å². The number of halogens is 1. The number of furan rings is 1. The third-order valence-electron chi connectivity index (χ3n) is 4.70. The lowest BCUT2D eigenvalue weighted by Crippen LogP contribution is -1.92. The van der Waals surface area contributed by atoms with Gasteiger partial charge in [-0.05, 0) is 11.6 Å². The van der Waals surface area contributed by atoms with Crippen molar-refractivity contribution in [2.45, 2.75) is 0 Å². The zero-order valence-corrected chi connectivity index (χ0v) is 18.0. The minimum absolute atomic E-state index is 0.0345. The van der Waals surface area contributed by atoms with Crippen LogP contribution >= 0.6 is 15.9 Å². The molecule has 0 atom stereocenters. The molecule has 3 aromatic carbocycles. The Balaban J connectivity index is 1.89. The van der Waals surface area contributed by atoms with E-state index in [4.69, 9.17) is 4.42 Å². The fourth-order valence-corrected chi connectivity index (χ4v) is 3.72. The molecular formula is C24H14BrN3O4. The molecule has 0 aliphatic rings. The summed E-state index contributed by atoms with van der Waals surface area (Å²) >= 11 is 3.19. The van der Waals surface area contributed by atoms with Gasteiger partial charge in [-0.1, -0.05) is 76.6 Å². The van der Waals surface area contributed by atoms with Crippen LogP contribution in [0.3, 0.4) is 0 Å². The number of hydrogen-bond acceptors (Lipinski definition) is 6. The second kappa shape index (κ2) is 8.88. The van der Waals surface area contributed by atoms with Gasteiger partial charge in [-0.15, -0.1) is 0 Å². The number of aliphatic imine (C=N–C) groups is 1. The summed E-state index contributed by atoms with van der Waals surface area (Å²) in [6, 6.07) is 23.5. The van der Waals surface area contributed by atoms with E-state index in [2.05, 4.69) is 27.0 Å². The molecule has 7 nitrogen and oxygen atoms in total. The van der Waals surface area contributed by atoms with Crippen LogP contribution < -0.4 is 0 Å². The van der Waals surface area contributed by atoms with Gasteiger partial charge in [0.2, 0.25) is 11.6 Å². The van der Waals surface area contributed by atoms with Gasteiger partial charge in [0.05, 0.1) is 4.92 Å². The zero-order chi connectivity index (χ0) is 22.7. The number of phenolic OH excluding ortho intramolecular Hbond substituents is 1. The standard InChI is InChI=1S/C24H14BrN3O4/c25-18-11-17(22(29)20(12-18)28(30)31)14-27-24-19(13-26)21(15-7-3-1-4-8-15)23(32-24)16-9-5-2-6-10-16/h1-12,14,29H. The number of rotatable bonds is 5. The highest BCUT2D eigenvalue weighted by Gasteiger charge is 2.23. The van der Waals surface area contributed by atoms with Crippen LogP contribution in [0.15, 0.2) is 86.7 Å². The number of hydrogen-bond donors (Lipinski definition) is 1. The van der Waals surface area contributed by atoms with E-state index in [0.29, 0.717) is 15.8 Å². The van der Waals surface area contributed by atoms with Gasteiger partial charge >= 0.3 is 5.69 Å². The molecule has 0 saturated heterocycles. The van der Waals surface area contributed by atoms with E-state index in [1.807, 2.05) is 60.7 Å². The highest BCUT2D eigenvalue weighted by Crippen LogP contribution is 2.42. The molecule has 1 aromatic heterocycles. The van der Waals surface area contributed by atoms with E-state index < -0.39 is 16.4 Å². The summed E-state index contributed by atoms with van der Waals surface area (Å²) < 4.78 is 6.40. The monoisotopic (exact) mass is 487 g/mol. The highest BCUT2D eigenvalue weighted by molar-refractivity contribution is 9.10. The first kappa shape index (κ1) is 21.0. The lowest BCUT2D eigenvalue weighted by atomic mass is 9.98. The molecule has 4 rings (SSSR count). The molecule has 0 aliphatic carbocycles. The molecule has 0 saturated carbocycles. The predicted octanol–water partition coefficient (Wildman–Crippen LogP) is 6.61. The first-order valence-electron chi connectivity index (χ1n) is 9.38. The van der Waals surface area contributed by atoms with Crippen LogP contribution in [0, 0.1) is 21.4 Å². The summed E-state index contributed by atoms with van der Waals surface area (Å²) in [7, 11) is 0. The minimum atomic E-state index is -0.688. The van der Waals surface area contributed by atoms with Gasteiger partial charge in [0.15, 0.2) is 0 Å². The fourth-order valence-electron chi connectivity index (χ4n) is 3.26. The molecule has 0 fully saturated rings. The number of benzene rings is 3. The van der Waals surface area contributed by atoms with Crippen LogP contribution in [0.25, 0.3) is 22.5 Å². The van der Waals surface area contributed by atoms with Gasteiger partial charge < -0.3 is 9.52 Å². The molecule has 156 valence electrons. The second-order valence-corrected chi connectivity index (χ2v) is 7.62.